The molecule has 0 heterocycles. The summed E-state index contributed by atoms with van der Waals surface area (Å²) in [5, 5.41) is 13.9. The van der Waals surface area contributed by atoms with Crippen LogP contribution in [0, 0.1) is 11.3 Å². The smallest absolute Gasteiger partial charge is 0.408 e. The highest BCUT2D eigenvalue weighted by molar-refractivity contribution is 5.85. The number of amides is 2. The van der Waals surface area contributed by atoms with E-state index in [2.05, 4.69) is 10.6 Å². The van der Waals surface area contributed by atoms with Crippen molar-refractivity contribution in [3.63, 3.8) is 0 Å². The molecule has 0 saturated carbocycles. The maximum absolute atomic E-state index is 12.5. The second-order valence-electron chi connectivity index (χ2n) is 6.39. The third-order valence-electron chi connectivity index (χ3n) is 4.45. The zero-order valence-electron chi connectivity index (χ0n) is 15.9. The lowest BCUT2D eigenvalue weighted by Gasteiger charge is -2.23. The maximum Gasteiger partial charge on any atom is 0.408 e. The molecule has 2 aromatic rings. The van der Waals surface area contributed by atoms with Crippen LogP contribution in [-0.2, 0) is 16.1 Å². The van der Waals surface area contributed by atoms with E-state index < -0.39 is 18.0 Å². The first-order valence-electron chi connectivity index (χ1n) is 9.30. The van der Waals surface area contributed by atoms with Crippen molar-refractivity contribution in [2.24, 2.45) is 0 Å². The fraction of sp³-hybridized carbons (Fsp3) is 0.318. The van der Waals surface area contributed by atoms with Gasteiger partial charge in [0.25, 0.3) is 0 Å². The molecule has 6 heteroatoms. The van der Waals surface area contributed by atoms with Crippen LogP contribution in [-0.4, -0.2) is 24.6 Å². The first-order valence-corrected chi connectivity index (χ1v) is 9.30. The summed E-state index contributed by atoms with van der Waals surface area (Å²) in [4.78, 5) is 24.7. The van der Waals surface area contributed by atoms with Crippen LogP contribution < -0.4 is 10.6 Å². The van der Waals surface area contributed by atoms with Crippen molar-refractivity contribution in [3.05, 3.63) is 71.8 Å². The van der Waals surface area contributed by atoms with Gasteiger partial charge in [-0.25, -0.2) is 4.79 Å². The Morgan fingerprint density at radius 2 is 1.71 bits per heavy atom. The highest BCUT2D eigenvalue weighted by Gasteiger charge is 2.25. The van der Waals surface area contributed by atoms with Crippen molar-refractivity contribution in [2.75, 3.05) is 6.54 Å². The van der Waals surface area contributed by atoms with Crippen LogP contribution in [0.15, 0.2) is 60.7 Å². The molecule has 0 radical (unpaired) electrons. The topological polar surface area (TPSA) is 91.2 Å². The Morgan fingerprint density at radius 3 is 2.32 bits per heavy atom. The summed E-state index contributed by atoms with van der Waals surface area (Å²) >= 11 is 0. The number of nitriles is 1. The Morgan fingerprint density at radius 1 is 1.07 bits per heavy atom. The highest BCUT2D eigenvalue weighted by atomic mass is 16.5. The van der Waals surface area contributed by atoms with Crippen molar-refractivity contribution >= 4 is 12.0 Å². The van der Waals surface area contributed by atoms with Gasteiger partial charge in [0.15, 0.2) is 0 Å². The van der Waals surface area contributed by atoms with Crippen LogP contribution >= 0.6 is 0 Å². The number of rotatable bonds is 9. The summed E-state index contributed by atoms with van der Waals surface area (Å²) in [7, 11) is 0. The van der Waals surface area contributed by atoms with Gasteiger partial charge in [-0.15, -0.1) is 0 Å². The van der Waals surface area contributed by atoms with E-state index in [1.165, 1.54) is 0 Å². The fourth-order valence-electron chi connectivity index (χ4n) is 2.94. The van der Waals surface area contributed by atoms with Crippen molar-refractivity contribution in [3.8, 4) is 6.07 Å². The maximum atomic E-state index is 12.5. The van der Waals surface area contributed by atoms with Crippen LogP contribution in [0.4, 0.5) is 4.79 Å². The lowest BCUT2D eigenvalue weighted by molar-refractivity contribution is -0.123. The quantitative estimate of drug-likeness (QED) is 0.652. The van der Waals surface area contributed by atoms with E-state index in [9.17, 15) is 9.59 Å². The molecule has 0 aliphatic carbocycles. The number of hydrogen-bond donors (Lipinski definition) is 2. The fourth-order valence-corrected chi connectivity index (χ4v) is 2.94. The molecule has 2 amide bonds. The number of ether oxygens (including phenoxy) is 1. The monoisotopic (exact) mass is 379 g/mol. The van der Waals surface area contributed by atoms with E-state index in [0.717, 1.165) is 17.5 Å². The Bertz CT molecular complexity index is 788. The Balaban J connectivity index is 2.02. The van der Waals surface area contributed by atoms with Crippen LogP contribution in [0.25, 0.3) is 0 Å². The van der Waals surface area contributed by atoms with Crippen LogP contribution in [0.1, 0.15) is 36.8 Å². The van der Waals surface area contributed by atoms with E-state index in [4.69, 9.17) is 10.00 Å². The van der Waals surface area contributed by atoms with Gasteiger partial charge in [0.05, 0.1) is 6.07 Å². The molecule has 0 saturated heterocycles. The molecule has 28 heavy (non-hydrogen) atoms. The molecule has 0 aromatic heterocycles. The van der Waals surface area contributed by atoms with E-state index in [1.807, 2.05) is 73.7 Å². The molecule has 0 aliphatic heterocycles. The molecule has 146 valence electrons. The average molecular weight is 379 g/mol. The number of hydrogen-bond acceptors (Lipinski definition) is 4. The molecule has 2 atom stereocenters. The van der Waals surface area contributed by atoms with Gasteiger partial charge in [-0.2, -0.15) is 5.26 Å². The van der Waals surface area contributed by atoms with Gasteiger partial charge >= 0.3 is 6.09 Å². The first-order chi connectivity index (χ1) is 13.6. The zero-order chi connectivity index (χ0) is 20.2. The van der Waals surface area contributed by atoms with Crippen molar-refractivity contribution in [1.82, 2.24) is 10.6 Å². The third kappa shape index (κ3) is 6.76. The normalized spacial score (nSPS) is 12.3. The van der Waals surface area contributed by atoms with Crippen molar-refractivity contribution < 1.29 is 14.3 Å². The molecular formula is C22H25N3O3. The largest absolute Gasteiger partial charge is 0.445 e. The van der Waals surface area contributed by atoms with Gasteiger partial charge < -0.3 is 15.4 Å². The predicted molar refractivity (Wildman–Crippen MR) is 106 cm³/mol. The minimum Gasteiger partial charge on any atom is -0.445 e. The second kappa shape index (κ2) is 11.4. The lowest BCUT2D eigenvalue weighted by Crippen LogP contribution is -2.47. The highest BCUT2D eigenvalue weighted by Crippen LogP contribution is 2.24. The molecule has 0 bridgehead atoms. The molecular weight excluding hydrogens is 354 g/mol. The Labute approximate surface area is 165 Å². The zero-order valence-corrected chi connectivity index (χ0v) is 15.9. The Kier molecular flexibility index (Phi) is 8.54. The summed E-state index contributed by atoms with van der Waals surface area (Å²) in [5.41, 5.74) is 1.96. The molecule has 2 rings (SSSR count). The van der Waals surface area contributed by atoms with E-state index in [-0.39, 0.29) is 19.1 Å². The third-order valence-corrected chi connectivity index (χ3v) is 4.45. The van der Waals surface area contributed by atoms with Crippen molar-refractivity contribution in [2.45, 2.75) is 38.3 Å². The lowest BCUT2D eigenvalue weighted by atomic mass is 9.89. The van der Waals surface area contributed by atoms with E-state index in [1.54, 1.807) is 0 Å². The number of nitrogens with one attached hydrogen (secondary N) is 2. The SMILES string of the molecule is CC[C@H](C[C@H](NC(=O)OCc1ccccc1)C(=O)NCC#N)c1ccccc1. The number of alkyl carbamates (subject to hydrolysis) is 1. The van der Waals surface area contributed by atoms with Gasteiger partial charge in [-0.1, -0.05) is 67.6 Å². The molecule has 2 aromatic carbocycles. The second-order valence-corrected chi connectivity index (χ2v) is 6.39. The number of nitrogens with zero attached hydrogens (tertiary/aromatic N) is 1. The minimum atomic E-state index is -0.790. The molecule has 6 nitrogen and oxygen atoms in total. The summed E-state index contributed by atoms with van der Waals surface area (Å²) < 4.78 is 5.24. The molecule has 0 fully saturated rings. The van der Waals surface area contributed by atoms with Gasteiger partial charge in [0.2, 0.25) is 5.91 Å². The van der Waals surface area contributed by atoms with E-state index >= 15 is 0 Å². The number of carbonyl (C=O) groups is 2. The molecule has 0 unspecified atom stereocenters. The molecule has 0 spiro atoms. The standard InChI is InChI=1S/C22H25N3O3/c1-2-18(19-11-7-4-8-12-19)15-20(21(26)24-14-13-23)25-22(27)28-16-17-9-5-3-6-10-17/h3-12,18,20H,2,14-16H2,1H3,(H,24,26)(H,25,27)/t18-,20+/m1/s1. The summed E-state index contributed by atoms with van der Waals surface area (Å²) in [6, 6.07) is 20.2. The number of carbonyl (C=O) groups excluding carboxylic acids is 2. The van der Waals surface area contributed by atoms with E-state index in [0.29, 0.717) is 6.42 Å². The summed E-state index contributed by atoms with van der Waals surface area (Å²) in [6.45, 7) is 2.04. The van der Waals surface area contributed by atoms with Gasteiger partial charge in [-0.05, 0) is 29.9 Å². The summed E-state index contributed by atoms with van der Waals surface area (Å²) in [6.07, 6.45) is 0.564. The van der Waals surface area contributed by atoms with Gasteiger partial charge in [0, 0.05) is 0 Å². The molecule has 0 aliphatic rings. The van der Waals surface area contributed by atoms with Crippen LogP contribution in [0.3, 0.4) is 0 Å². The minimum absolute atomic E-state index is 0.0912. The van der Waals surface area contributed by atoms with Gasteiger partial charge in [0.1, 0.15) is 19.2 Å². The van der Waals surface area contributed by atoms with Crippen LogP contribution in [0.2, 0.25) is 0 Å². The number of benzene rings is 2. The van der Waals surface area contributed by atoms with Crippen LogP contribution in [0.5, 0.6) is 0 Å². The van der Waals surface area contributed by atoms with Gasteiger partial charge in [-0.3, -0.25) is 4.79 Å². The first kappa shape index (κ1) is 21.0. The molecule has 2 N–H and O–H groups in total. The van der Waals surface area contributed by atoms with Crippen molar-refractivity contribution in [1.29, 1.82) is 5.26 Å². The summed E-state index contributed by atoms with van der Waals surface area (Å²) in [5.74, 6) is -0.305. The predicted octanol–water partition coefficient (Wildman–Crippen LogP) is 3.51. The average Bonchev–Trinajstić information content (AvgIpc) is 2.74. The Hall–Kier alpha value is -3.33.